The highest BCUT2D eigenvalue weighted by Gasteiger charge is 2.27. The standard InChI is InChI=1S/C20H28N6O2/c1-4-21-20(22-11-16-5-7-17(8-6-16)15(2)27)25-9-10-26(19(28)14-25)18-12-23-24(3)13-18/h5-8,12-13,15,27H,4,9-11,14H2,1-3H3,(H,21,22). The maximum absolute atomic E-state index is 12.6. The first-order valence-corrected chi connectivity index (χ1v) is 9.57. The maximum Gasteiger partial charge on any atom is 0.246 e. The smallest absolute Gasteiger partial charge is 0.246 e. The minimum Gasteiger partial charge on any atom is -0.389 e. The number of rotatable bonds is 5. The van der Waals surface area contributed by atoms with E-state index in [1.165, 1.54) is 0 Å². The highest BCUT2D eigenvalue weighted by Crippen LogP contribution is 2.17. The second-order valence-electron chi connectivity index (χ2n) is 6.93. The lowest BCUT2D eigenvalue weighted by Gasteiger charge is -2.35. The Bertz CT molecular complexity index is 827. The first-order chi connectivity index (χ1) is 13.5. The number of aliphatic imine (C=N–C) groups is 1. The van der Waals surface area contributed by atoms with Crippen LogP contribution < -0.4 is 10.2 Å². The van der Waals surface area contributed by atoms with Crippen LogP contribution in [0.2, 0.25) is 0 Å². The molecule has 0 bridgehead atoms. The SMILES string of the molecule is CCNC(=NCc1ccc(C(C)O)cc1)N1CCN(c2cnn(C)c2)C(=O)C1. The summed E-state index contributed by atoms with van der Waals surface area (Å²) in [6.07, 6.45) is 3.09. The zero-order valence-electron chi connectivity index (χ0n) is 16.7. The molecule has 1 saturated heterocycles. The van der Waals surface area contributed by atoms with Gasteiger partial charge in [0.25, 0.3) is 0 Å². The van der Waals surface area contributed by atoms with E-state index in [1.54, 1.807) is 22.7 Å². The minimum atomic E-state index is -0.475. The van der Waals surface area contributed by atoms with E-state index in [9.17, 15) is 9.90 Å². The van der Waals surface area contributed by atoms with Gasteiger partial charge in [0.1, 0.15) is 6.54 Å². The van der Waals surface area contributed by atoms with Gasteiger partial charge in [0.15, 0.2) is 5.96 Å². The van der Waals surface area contributed by atoms with Gasteiger partial charge in [0, 0.05) is 32.9 Å². The number of aryl methyl sites for hydroxylation is 1. The number of hydrogen-bond donors (Lipinski definition) is 2. The van der Waals surface area contributed by atoms with Gasteiger partial charge in [-0.1, -0.05) is 24.3 Å². The molecule has 2 aromatic rings. The molecule has 1 atom stereocenters. The Morgan fingerprint density at radius 3 is 2.64 bits per heavy atom. The largest absolute Gasteiger partial charge is 0.389 e. The molecule has 1 aromatic heterocycles. The monoisotopic (exact) mass is 384 g/mol. The predicted molar refractivity (Wildman–Crippen MR) is 109 cm³/mol. The van der Waals surface area contributed by atoms with E-state index in [1.807, 2.05) is 49.3 Å². The van der Waals surface area contributed by atoms with Gasteiger partial charge in [0.05, 0.1) is 24.5 Å². The van der Waals surface area contributed by atoms with Crippen molar-refractivity contribution in [2.75, 3.05) is 31.1 Å². The normalized spacial score (nSPS) is 16.4. The van der Waals surface area contributed by atoms with E-state index >= 15 is 0 Å². The highest BCUT2D eigenvalue weighted by atomic mass is 16.3. The summed E-state index contributed by atoms with van der Waals surface area (Å²) in [6, 6.07) is 7.78. The van der Waals surface area contributed by atoms with Crippen LogP contribution in [0, 0.1) is 0 Å². The van der Waals surface area contributed by atoms with Crippen molar-refractivity contribution in [3.63, 3.8) is 0 Å². The molecule has 1 fully saturated rings. The number of carbonyl (C=O) groups excluding carboxylic acids is 1. The Balaban J connectivity index is 1.66. The number of aromatic nitrogens is 2. The topological polar surface area (TPSA) is 86.0 Å². The molecule has 150 valence electrons. The van der Waals surface area contributed by atoms with Gasteiger partial charge >= 0.3 is 0 Å². The number of benzene rings is 1. The molecule has 8 heteroatoms. The van der Waals surface area contributed by atoms with Crippen molar-refractivity contribution >= 4 is 17.6 Å². The highest BCUT2D eigenvalue weighted by molar-refractivity contribution is 5.98. The van der Waals surface area contributed by atoms with Gasteiger partial charge < -0.3 is 20.2 Å². The van der Waals surface area contributed by atoms with Crippen molar-refractivity contribution in [3.8, 4) is 0 Å². The Hall–Kier alpha value is -2.87. The van der Waals surface area contributed by atoms with Gasteiger partial charge in [-0.3, -0.25) is 9.48 Å². The van der Waals surface area contributed by atoms with Crippen molar-refractivity contribution in [2.24, 2.45) is 12.0 Å². The number of nitrogens with one attached hydrogen (secondary N) is 1. The molecular formula is C20H28N6O2. The Morgan fingerprint density at radius 2 is 2.07 bits per heavy atom. The average molecular weight is 384 g/mol. The van der Waals surface area contributed by atoms with Gasteiger partial charge in [0.2, 0.25) is 5.91 Å². The fourth-order valence-electron chi connectivity index (χ4n) is 3.17. The fourth-order valence-corrected chi connectivity index (χ4v) is 3.17. The molecule has 1 aromatic carbocycles. The van der Waals surface area contributed by atoms with Crippen LogP contribution in [0.5, 0.6) is 0 Å². The van der Waals surface area contributed by atoms with Crippen LogP contribution in [-0.2, 0) is 18.4 Å². The number of hydrogen-bond acceptors (Lipinski definition) is 4. The lowest BCUT2D eigenvalue weighted by Crippen LogP contribution is -2.55. The van der Waals surface area contributed by atoms with E-state index in [0.717, 1.165) is 29.3 Å². The van der Waals surface area contributed by atoms with Crippen LogP contribution in [0.1, 0.15) is 31.1 Å². The molecule has 2 N–H and O–H groups in total. The molecule has 0 spiro atoms. The zero-order chi connectivity index (χ0) is 20.1. The number of aliphatic hydroxyl groups is 1. The number of guanidine groups is 1. The summed E-state index contributed by atoms with van der Waals surface area (Å²) in [6.45, 7) is 6.59. The summed E-state index contributed by atoms with van der Waals surface area (Å²) >= 11 is 0. The minimum absolute atomic E-state index is 0.0335. The first kappa shape index (κ1) is 19.9. The van der Waals surface area contributed by atoms with Gasteiger partial charge in [-0.15, -0.1) is 0 Å². The molecular weight excluding hydrogens is 356 g/mol. The van der Waals surface area contributed by atoms with Crippen molar-refractivity contribution in [3.05, 3.63) is 47.8 Å². The first-order valence-electron chi connectivity index (χ1n) is 9.57. The van der Waals surface area contributed by atoms with Crippen molar-refractivity contribution in [1.82, 2.24) is 20.0 Å². The molecule has 1 amide bonds. The van der Waals surface area contributed by atoms with Crippen molar-refractivity contribution < 1.29 is 9.90 Å². The third-order valence-electron chi connectivity index (χ3n) is 4.73. The molecule has 1 unspecified atom stereocenters. The van der Waals surface area contributed by atoms with Crippen LogP contribution >= 0.6 is 0 Å². The number of anilines is 1. The molecule has 1 aliphatic heterocycles. The summed E-state index contributed by atoms with van der Waals surface area (Å²) < 4.78 is 1.70. The van der Waals surface area contributed by atoms with Crippen molar-refractivity contribution in [1.29, 1.82) is 0 Å². The number of piperazine rings is 1. The van der Waals surface area contributed by atoms with E-state index in [2.05, 4.69) is 10.4 Å². The summed E-state index contributed by atoms with van der Waals surface area (Å²) in [5, 5.41) is 17.0. The van der Waals surface area contributed by atoms with Crippen LogP contribution in [-0.4, -0.2) is 57.8 Å². The van der Waals surface area contributed by atoms with Crippen LogP contribution in [0.3, 0.4) is 0 Å². The number of amides is 1. The van der Waals surface area contributed by atoms with E-state index in [-0.39, 0.29) is 12.5 Å². The Morgan fingerprint density at radius 1 is 1.32 bits per heavy atom. The summed E-state index contributed by atoms with van der Waals surface area (Å²) in [7, 11) is 1.84. The summed E-state index contributed by atoms with van der Waals surface area (Å²) in [5.74, 6) is 0.771. The van der Waals surface area contributed by atoms with E-state index in [0.29, 0.717) is 19.6 Å². The molecule has 3 rings (SSSR count). The lowest BCUT2D eigenvalue weighted by atomic mass is 10.1. The second kappa shape index (κ2) is 8.88. The number of carbonyl (C=O) groups is 1. The molecule has 8 nitrogen and oxygen atoms in total. The third-order valence-corrected chi connectivity index (χ3v) is 4.73. The number of nitrogens with zero attached hydrogens (tertiary/aromatic N) is 5. The van der Waals surface area contributed by atoms with Crippen molar-refractivity contribution in [2.45, 2.75) is 26.5 Å². The van der Waals surface area contributed by atoms with Crippen LogP contribution in [0.4, 0.5) is 5.69 Å². The third kappa shape index (κ3) is 4.69. The molecule has 1 aliphatic rings. The lowest BCUT2D eigenvalue weighted by molar-refractivity contribution is -0.120. The quantitative estimate of drug-likeness (QED) is 0.599. The zero-order valence-corrected chi connectivity index (χ0v) is 16.7. The van der Waals surface area contributed by atoms with Gasteiger partial charge in [-0.05, 0) is 25.0 Å². The van der Waals surface area contributed by atoms with Gasteiger partial charge in [-0.25, -0.2) is 4.99 Å². The molecule has 0 aliphatic carbocycles. The molecule has 0 radical (unpaired) electrons. The van der Waals surface area contributed by atoms with E-state index < -0.39 is 6.10 Å². The van der Waals surface area contributed by atoms with E-state index in [4.69, 9.17) is 4.99 Å². The van der Waals surface area contributed by atoms with Gasteiger partial charge in [-0.2, -0.15) is 5.10 Å². The maximum atomic E-state index is 12.6. The molecule has 0 saturated carbocycles. The molecule has 2 heterocycles. The van der Waals surface area contributed by atoms with Crippen LogP contribution in [0.15, 0.2) is 41.7 Å². The summed E-state index contributed by atoms with van der Waals surface area (Å²) in [5.41, 5.74) is 2.77. The number of aliphatic hydroxyl groups excluding tert-OH is 1. The Labute approximate surface area is 165 Å². The fraction of sp³-hybridized carbons (Fsp3) is 0.450. The Kier molecular flexibility index (Phi) is 6.30. The van der Waals surface area contributed by atoms with Crippen LogP contribution in [0.25, 0.3) is 0 Å². The second-order valence-corrected chi connectivity index (χ2v) is 6.93. The average Bonchev–Trinajstić information content (AvgIpc) is 3.11. The summed E-state index contributed by atoms with van der Waals surface area (Å²) in [4.78, 5) is 21.1. The predicted octanol–water partition coefficient (Wildman–Crippen LogP) is 1.29. The molecule has 28 heavy (non-hydrogen) atoms.